The number of methoxy groups -OCH3 is 1. The Bertz CT molecular complexity index is 262. The summed E-state index contributed by atoms with van der Waals surface area (Å²) in [7, 11) is 1.65. The summed E-state index contributed by atoms with van der Waals surface area (Å²) in [5.74, 6) is 0.125. The number of ether oxygens (including phenoxy) is 1. The maximum Gasteiger partial charge on any atom is 0.0940 e. The van der Waals surface area contributed by atoms with Crippen LogP contribution in [0.25, 0.3) is 0 Å². The van der Waals surface area contributed by atoms with Gasteiger partial charge in [-0.05, 0) is 27.4 Å². The third kappa shape index (κ3) is 2.77. The third-order valence-electron chi connectivity index (χ3n) is 1.88. The smallest absolute Gasteiger partial charge is 0.0940 e. The van der Waals surface area contributed by atoms with Crippen molar-refractivity contribution < 1.29 is 9.84 Å². The molecule has 1 rings (SSSR count). The summed E-state index contributed by atoms with van der Waals surface area (Å²) in [6, 6.07) is 1.95. The second kappa shape index (κ2) is 5.10. The van der Waals surface area contributed by atoms with Crippen molar-refractivity contribution in [3.63, 3.8) is 0 Å². The molecule has 2 unspecified atom stereocenters. The minimum atomic E-state index is -0.436. The molecule has 0 aromatic carbocycles. The minimum absolute atomic E-state index is 0.125. The van der Waals surface area contributed by atoms with Gasteiger partial charge in [-0.2, -0.15) is 0 Å². The molecule has 13 heavy (non-hydrogen) atoms. The second-order valence-corrected chi connectivity index (χ2v) is 4.81. The van der Waals surface area contributed by atoms with Gasteiger partial charge in [-0.25, -0.2) is 0 Å². The lowest BCUT2D eigenvalue weighted by atomic mass is 10.1. The second-order valence-electron chi connectivity index (χ2n) is 3.01. The van der Waals surface area contributed by atoms with Crippen molar-refractivity contribution >= 4 is 27.3 Å². The third-order valence-corrected chi connectivity index (χ3v) is 3.82. The molecule has 0 aliphatic carbocycles. The highest BCUT2D eigenvalue weighted by Crippen LogP contribution is 2.33. The molecule has 0 fully saturated rings. The largest absolute Gasteiger partial charge is 0.387 e. The average Bonchev–Trinajstić information content (AvgIpc) is 2.50. The zero-order valence-corrected chi connectivity index (χ0v) is 10.1. The first-order valence-corrected chi connectivity index (χ1v) is 5.74. The number of aliphatic hydroxyl groups is 1. The lowest BCUT2D eigenvalue weighted by Gasteiger charge is -2.16. The van der Waals surface area contributed by atoms with Gasteiger partial charge in [0.2, 0.25) is 0 Å². The van der Waals surface area contributed by atoms with Crippen LogP contribution in [0.15, 0.2) is 15.9 Å². The predicted octanol–water partition coefficient (Wildman–Crippen LogP) is 2.83. The monoisotopic (exact) mass is 264 g/mol. The summed E-state index contributed by atoms with van der Waals surface area (Å²) in [5, 5.41) is 11.9. The van der Waals surface area contributed by atoms with E-state index in [2.05, 4.69) is 15.9 Å². The van der Waals surface area contributed by atoms with E-state index in [4.69, 9.17) is 4.74 Å². The molecule has 74 valence electrons. The van der Waals surface area contributed by atoms with E-state index < -0.39 is 6.10 Å². The molecule has 1 N–H and O–H groups in total. The quantitative estimate of drug-likeness (QED) is 0.907. The van der Waals surface area contributed by atoms with Crippen LogP contribution in [-0.2, 0) is 4.74 Å². The first-order valence-electron chi connectivity index (χ1n) is 4.06. The molecule has 0 bridgehead atoms. The Morgan fingerprint density at radius 3 is 2.85 bits per heavy atom. The average molecular weight is 265 g/mol. The summed E-state index contributed by atoms with van der Waals surface area (Å²) in [4.78, 5) is 0.976. The van der Waals surface area contributed by atoms with E-state index >= 15 is 0 Å². The van der Waals surface area contributed by atoms with E-state index in [1.807, 2.05) is 18.4 Å². The Hall–Kier alpha value is 0.100. The lowest BCUT2D eigenvalue weighted by Crippen LogP contribution is -2.13. The van der Waals surface area contributed by atoms with Crippen LogP contribution in [-0.4, -0.2) is 18.8 Å². The molecule has 2 atom stereocenters. The molecule has 0 spiro atoms. The van der Waals surface area contributed by atoms with Crippen molar-refractivity contribution in [2.24, 2.45) is 5.92 Å². The van der Waals surface area contributed by atoms with Crippen LogP contribution in [0.1, 0.15) is 17.9 Å². The van der Waals surface area contributed by atoms with Crippen LogP contribution in [0.5, 0.6) is 0 Å². The minimum Gasteiger partial charge on any atom is -0.387 e. The highest BCUT2D eigenvalue weighted by atomic mass is 79.9. The number of aliphatic hydroxyl groups excluding tert-OH is 1. The highest BCUT2D eigenvalue weighted by molar-refractivity contribution is 9.10. The van der Waals surface area contributed by atoms with E-state index in [9.17, 15) is 5.11 Å². The van der Waals surface area contributed by atoms with E-state index in [0.717, 1.165) is 9.35 Å². The Balaban J connectivity index is 2.67. The molecule has 1 aromatic heterocycles. The topological polar surface area (TPSA) is 29.5 Å². The fourth-order valence-electron chi connectivity index (χ4n) is 1.13. The molecule has 0 aliphatic heterocycles. The molecule has 0 radical (unpaired) electrons. The molecule has 0 saturated heterocycles. The Kier molecular flexibility index (Phi) is 4.38. The molecular formula is C9H13BrO2S. The number of thiophene rings is 1. The van der Waals surface area contributed by atoms with E-state index in [1.54, 1.807) is 18.4 Å². The van der Waals surface area contributed by atoms with Gasteiger partial charge in [0.05, 0.1) is 12.7 Å². The molecule has 0 saturated carbocycles. The molecule has 1 aromatic rings. The SMILES string of the molecule is COCC(C)C(O)c1sccc1Br. The van der Waals surface area contributed by atoms with E-state index in [0.29, 0.717) is 6.61 Å². The molecular weight excluding hydrogens is 252 g/mol. The molecule has 1 heterocycles. The number of rotatable bonds is 4. The molecule has 2 nitrogen and oxygen atoms in total. The summed E-state index contributed by atoms with van der Waals surface area (Å²) in [5.41, 5.74) is 0. The highest BCUT2D eigenvalue weighted by Gasteiger charge is 2.19. The van der Waals surface area contributed by atoms with Crippen LogP contribution < -0.4 is 0 Å². The van der Waals surface area contributed by atoms with Gasteiger partial charge in [0, 0.05) is 22.4 Å². The van der Waals surface area contributed by atoms with Crippen LogP contribution in [0.2, 0.25) is 0 Å². The summed E-state index contributed by atoms with van der Waals surface area (Å²) >= 11 is 4.96. The maximum atomic E-state index is 9.89. The Labute approximate surface area is 90.7 Å². The molecule has 4 heteroatoms. The predicted molar refractivity (Wildman–Crippen MR) is 58.0 cm³/mol. The Morgan fingerprint density at radius 2 is 2.38 bits per heavy atom. The van der Waals surface area contributed by atoms with Gasteiger partial charge in [0.25, 0.3) is 0 Å². The van der Waals surface area contributed by atoms with Crippen molar-refractivity contribution in [1.82, 2.24) is 0 Å². The van der Waals surface area contributed by atoms with Gasteiger partial charge in [-0.3, -0.25) is 0 Å². The van der Waals surface area contributed by atoms with Crippen LogP contribution in [0.4, 0.5) is 0 Å². The zero-order chi connectivity index (χ0) is 9.84. The first kappa shape index (κ1) is 11.2. The molecule has 0 amide bonds. The van der Waals surface area contributed by atoms with Crippen LogP contribution >= 0.6 is 27.3 Å². The Morgan fingerprint density at radius 1 is 1.69 bits per heavy atom. The van der Waals surface area contributed by atoms with Crippen LogP contribution in [0.3, 0.4) is 0 Å². The van der Waals surface area contributed by atoms with E-state index in [-0.39, 0.29) is 5.92 Å². The first-order chi connectivity index (χ1) is 6.16. The van der Waals surface area contributed by atoms with Gasteiger partial charge in [0.15, 0.2) is 0 Å². The van der Waals surface area contributed by atoms with Gasteiger partial charge in [-0.1, -0.05) is 6.92 Å². The maximum absolute atomic E-state index is 9.89. The normalized spacial score (nSPS) is 15.7. The zero-order valence-electron chi connectivity index (χ0n) is 7.66. The fourth-order valence-corrected chi connectivity index (χ4v) is 2.85. The van der Waals surface area contributed by atoms with Gasteiger partial charge in [0.1, 0.15) is 0 Å². The van der Waals surface area contributed by atoms with E-state index in [1.165, 1.54) is 0 Å². The number of halogens is 1. The van der Waals surface area contributed by atoms with Crippen molar-refractivity contribution in [3.05, 3.63) is 20.8 Å². The van der Waals surface area contributed by atoms with Crippen molar-refractivity contribution in [2.45, 2.75) is 13.0 Å². The van der Waals surface area contributed by atoms with Crippen molar-refractivity contribution in [2.75, 3.05) is 13.7 Å². The summed E-state index contributed by atoms with van der Waals surface area (Å²) < 4.78 is 5.97. The van der Waals surface area contributed by atoms with Crippen LogP contribution in [0, 0.1) is 5.92 Å². The van der Waals surface area contributed by atoms with Gasteiger partial charge >= 0.3 is 0 Å². The molecule has 0 aliphatic rings. The summed E-state index contributed by atoms with van der Waals surface area (Å²) in [6.45, 7) is 2.55. The lowest BCUT2D eigenvalue weighted by molar-refractivity contribution is 0.0584. The van der Waals surface area contributed by atoms with Crippen molar-refractivity contribution in [1.29, 1.82) is 0 Å². The summed E-state index contributed by atoms with van der Waals surface area (Å²) in [6.07, 6.45) is -0.436. The fraction of sp³-hybridized carbons (Fsp3) is 0.556. The van der Waals surface area contributed by atoms with Gasteiger partial charge < -0.3 is 9.84 Å². The number of hydrogen-bond acceptors (Lipinski definition) is 3. The van der Waals surface area contributed by atoms with Crippen molar-refractivity contribution in [3.8, 4) is 0 Å². The van der Waals surface area contributed by atoms with Gasteiger partial charge in [-0.15, -0.1) is 11.3 Å². The number of hydrogen-bond donors (Lipinski definition) is 1. The standard InChI is InChI=1S/C9H13BrO2S/c1-6(5-12-2)8(11)9-7(10)3-4-13-9/h3-4,6,8,11H,5H2,1-2H3.